The number of hydrogen-bond acceptors (Lipinski definition) is 4. The third-order valence-electron chi connectivity index (χ3n) is 4.73. The van der Waals surface area contributed by atoms with Gasteiger partial charge in [0.25, 0.3) is 5.91 Å². The van der Waals surface area contributed by atoms with Crippen molar-refractivity contribution in [2.24, 2.45) is 0 Å². The van der Waals surface area contributed by atoms with Gasteiger partial charge in [-0.25, -0.2) is 14.4 Å². The number of rotatable bonds is 3. The number of halogens is 2. The summed E-state index contributed by atoms with van der Waals surface area (Å²) in [5, 5.41) is 0. The first-order valence-corrected chi connectivity index (χ1v) is 9.79. The maximum Gasteiger partial charge on any atom is 0.255 e. The molecular weight excluding hydrogens is 423 g/mol. The Balaban J connectivity index is 1.45. The highest BCUT2D eigenvalue weighted by Gasteiger charge is 2.24. The number of anilines is 1. The molecule has 0 spiro atoms. The number of nitrogens with zero attached hydrogens (tertiary/aromatic N) is 4. The summed E-state index contributed by atoms with van der Waals surface area (Å²) in [5.74, 6) is 1.07. The quantitative estimate of drug-likeness (QED) is 0.617. The van der Waals surface area contributed by atoms with Crippen molar-refractivity contribution in [3.8, 4) is 11.4 Å². The second-order valence-corrected chi connectivity index (χ2v) is 7.36. The van der Waals surface area contributed by atoms with Crippen molar-refractivity contribution in [3.63, 3.8) is 0 Å². The summed E-state index contributed by atoms with van der Waals surface area (Å²) in [4.78, 5) is 25.7. The first kappa shape index (κ1) is 18.6. The molecule has 1 aliphatic rings. The van der Waals surface area contributed by atoms with Gasteiger partial charge in [-0.15, -0.1) is 0 Å². The summed E-state index contributed by atoms with van der Waals surface area (Å²) in [5.41, 5.74) is 1.45. The Hall–Kier alpha value is -2.80. The topological polar surface area (TPSA) is 49.3 Å². The normalized spacial score (nSPS) is 14.2. The summed E-state index contributed by atoms with van der Waals surface area (Å²) >= 11 is 3.28. The number of hydrogen-bond donors (Lipinski definition) is 0. The molecule has 0 radical (unpaired) electrons. The Bertz CT molecular complexity index is 991. The Kier molecular flexibility index (Phi) is 5.34. The Morgan fingerprint density at radius 1 is 1.00 bits per heavy atom. The second kappa shape index (κ2) is 8.06. The molecule has 1 saturated heterocycles. The molecule has 142 valence electrons. The fourth-order valence-corrected chi connectivity index (χ4v) is 3.74. The van der Waals surface area contributed by atoms with E-state index in [2.05, 4.69) is 30.8 Å². The molecule has 2 heterocycles. The zero-order valence-electron chi connectivity index (χ0n) is 15.1. The minimum Gasteiger partial charge on any atom is -0.353 e. The third kappa shape index (κ3) is 3.89. The van der Waals surface area contributed by atoms with Crippen molar-refractivity contribution in [2.45, 2.75) is 0 Å². The van der Waals surface area contributed by atoms with E-state index < -0.39 is 0 Å². The molecule has 5 nitrogen and oxygen atoms in total. The smallest absolute Gasteiger partial charge is 0.255 e. The van der Waals surface area contributed by atoms with Crippen LogP contribution in [0.25, 0.3) is 11.4 Å². The van der Waals surface area contributed by atoms with Gasteiger partial charge in [-0.05, 0) is 40.2 Å². The predicted octanol–water partition coefficient (Wildman–Crippen LogP) is 4.01. The van der Waals surface area contributed by atoms with Crippen molar-refractivity contribution in [2.75, 3.05) is 31.1 Å². The molecule has 1 amide bonds. The van der Waals surface area contributed by atoms with Crippen LogP contribution in [0.3, 0.4) is 0 Å². The summed E-state index contributed by atoms with van der Waals surface area (Å²) in [6, 6.07) is 15.9. The number of carbonyl (C=O) groups excluding carboxylic acids is 1. The maximum absolute atomic E-state index is 13.3. The van der Waals surface area contributed by atoms with Crippen LogP contribution < -0.4 is 4.90 Å². The van der Waals surface area contributed by atoms with Crippen LogP contribution in [0.1, 0.15) is 10.4 Å². The molecule has 0 bridgehead atoms. The van der Waals surface area contributed by atoms with Crippen molar-refractivity contribution >= 4 is 27.7 Å². The van der Waals surface area contributed by atoms with E-state index in [0.717, 1.165) is 11.4 Å². The van der Waals surface area contributed by atoms with Crippen LogP contribution in [-0.4, -0.2) is 47.0 Å². The van der Waals surface area contributed by atoms with Gasteiger partial charge in [-0.2, -0.15) is 0 Å². The highest BCUT2D eigenvalue weighted by atomic mass is 79.9. The van der Waals surface area contributed by atoms with Gasteiger partial charge in [0.1, 0.15) is 11.6 Å². The van der Waals surface area contributed by atoms with E-state index in [1.165, 1.54) is 18.2 Å². The summed E-state index contributed by atoms with van der Waals surface area (Å²) in [7, 11) is 0. The van der Waals surface area contributed by atoms with Gasteiger partial charge >= 0.3 is 0 Å². The van der Waals surface area contributed by atoms with Crippen LogP contribution in [-0.2, 0) is 0 Å². The van der Waals surface area contributed by atoms with Crippen LogP contribution in [0.15, 0.2) is 65.3 Å². The first-order valence-electron chi connectivity index (χ1n) is 8.99. The Labute approximate surface area is 171 Å². The van der Waals surface area contributed by atoms with Crippen LogP contribution in [0.4, 0.5) is 10.2 Å². The van der Waals surface area contributed by atoms with E-state index in [4.69, 9.17) is 0 Å². The Morgan fingerprint density at radius 2 is 1.75 bits per heavy atom. The molecule has 2 aromatic carbocycles. The van der Waals surface area contributed by atoms with Crippen LogP contribution >= 0.6 is 15.9 Å². The van der Waals surface area contributed by atoms with E-state index in [1.807, 2.05) is 36.4 Å². The van der Waals surface area contributed by atoms with Gasteiger partial charge in [0.15, 0.2) is 5.82 Å². The first-order chi connectivity index (χ1) is 13.6. The number of aromatic nitrogens is 2. The second-order valence-electron chi connectivity index (χ2n) is 6.51. The van der Waals surface area contributed by atoms with Crippen molar-refractivity contribution in [1.82, 2.24) is 14.9 Å². The lowest BCUT2D eigenvalue weighted by Gasteiger charge is -2.35. The molecule has 0 aliphatic carbocycles. The molecular formula is C21H18BrFN4O. The SMILES string of the molecule is O=C(c1ccc(F)cc1Br)N1CCN(c2ccnc(-c3ccccc3)n2)CC1. The highest BCUT2D eigenvalue weighted by molar-refractivity contribution is 9.10. The highest BCUT2D eigenvalue weighted by Crippen LogP contribution is 2.22. The molecule has 0 N–H and O–H groups in total. The van der Waals surface area contributed by atoms with Gasteiger partial charge in [-0.1, -0.05) is 30.3 Å². The monoisotopic (exact) mass is 440 g/mol. The summed E-state index contributed by atoms with van der Waals surface area (Å²) in [6.07, 6.45) is 1.76. The standard InChI is InChI=1S/C21H18BrFN4O/c22-18-14-16(23)6-7-17(18)21(28)27-12-10-26(11-13-27)19-8-9-24-20(25-19)15-4-2-1-3-5-15/h1-9,14H,10-13H2. The average molecular weight is 441 g/mol. The number of benzene rings is 2. The van der Waals surface area contributed by atoms with Gasteiger partial charge in [0.05, 0.1) is 5.56 Å². The lowest BCUT2D eigenvalue weighted by atomic mass is 10.1. The predicted molar refractivity (Wildman–Crippen MR) is 110 cm³/mol. The minimum atomic E-state index is -0.369. The van der Waals surface area contributed by atoms with E-state index >= 15 is 0 Å². The lowest BCUT2D eigenvalue weighted by Crippen LogP contribution is -2.49. The number of amides is 1. The Morgan fingerprint density at radius 3 is 2.46 bits per heavy atom. The van der Waals surface area contributed by atoms with E-state index in [1.54, 1.807) is 11.1 Å². The van der Waals surface area contributed by atoms with Gasteiger partial charge in [-0.3, -0.25) is 4.79 Å². The van der Waals surface area contributed by atoms with Gasteiger partial charge in [0, 0.05) is 42.4 Å². The molecule has 0 unspecified atom stereocenters. The average Bonchev–Trinajstić information content (AvgIpc) is 2.74. The minimum absolute atomic E-state index is 0.0980. The van der Waals surface area contributed by atoms with Crippen LogP contribution in [0, 0.1) is 5.82 Å². The maximum atomic E-state index is 13.3. The fraction of sp³-hybridized carbons (Fsp3) is 0.190. The molecule has 0 atom stereocenters. The number of piperazine rings is 1. The lowest BCUT2D eigenvalue weighted by molar-refractivity contribution is 0.0745. The fourth-order valence-electron chi connectivity index (χ4n) is 3.22. The molecule has 0 saturated carbocycles. The van der Waals surface area contributed by atoms with Gasteiger partial charge in [0.2, 0.25) is 0 Å². The molecule has 7 heteroatoms. The van der Waals surface area contributed by atoms with Crippen molar-refractivity contribution in [1.29, 1.82) is 0 Å². The molecule has 1 fully saturated rings. The molecule has 28 heavy (non-hydrogen) atoms. The zero-order valence-corrected chi connectivity index (χ0v) is 16.6. The molecule has 3 aromatic rings. The zero-order chi connectivity index (χ0) is 19.5. The summed E-state index contributed by atoms with van der Waals surface area (Å²) in [6.45, 7) is 2.51. The van der Waals surface area contributed by atoms with Gasteiger partial charge < -0.3 is 9.80 Å². The largest absolute Gasteiger partial charge is 0.353 e. The molecule has 1 aliphatic heterocycles. The van der Waals surface area contributed by atoms with E-state index in [0.29, 0.717) is 42.0 Å². The van der Waals surface area contributed by atoms with Crippen molar-refractivity contribution < 1.29 is 9.18 Å². The van der Waals surface area contributed by atoms with E-state index in [9.17, 15) is 9.18 Å². The van der Waals surface area contributed by atoms with E-state index in [-0.39, 0.29) is 11.7 Å². The number of carbonyl (C=O) groups is 1. The van der Waals surface area contributed by atoms with Crippen LogP contribution in [0.5, 0.6) is 0 Å². The van der Waals surface area contributed by atoms with Crippen molar-refractivity contribution in [3.05, 3.63) is 76.6 Å². The summed E-state index contributed by atoms with van der Waals surface area (Å²) < 4.78 is 13.7. The third-order valence-corrected chi connectivity index (χ3v) is 5.38. The van der Waals surface area contributed by atoms with Crippen LogP contribution in [0.2, 0.25) is 0 Å². The molecule has 4 rings (SSSR count). The molecule has 1 aromatic heterocycles.